The number of H-pyrrole nitrogens is 1. The van der Waals surface area contributed by atoms with Crippen molar-refractivity contribution in [1.29, 1.82) is 0 Å². The number of fused-ring (bicyclic) bond motifs is 1. The van der Waals surface area contributed by atoms with Crippen molar-refractivity contribution in [2.24, 2.45) is 0 Å². The lowest BCUT2D eigenvalue weighted by atomic mass is 10.0. The number of carbonyl (C=O) groups excluding carboxylic acids is 1. The van der Waals surface area contributed by atoms with Gasteiger partial charge in [-0.3, -0.25) is 4.79 Å². The summed E-state index contributed by atoms with van der Waals surface area (Å²) in [5, 5.41) is 16.1. The first-order chi connectivity index (χ1) is 17.0. The van der Waals surface area contributed by atoms with E-state index in [2.05, 4.69) is 25.6 Å². The van der Waals surface area contributed by atoms with Gasteiger partial charge in [0.25, 0.3) is 11.8 Å². The predicted molar refractivity (Wildman–Crippen MR) is 121 cm³/mol. The van der Waals surface area contributed by atoms with Crippen LogP contribution in [0, 0.1) is 0 Å². The van der Waals surface area contributed by atoms with Crippen LogP contribution in [-0.2, 0) is 6.18 Å². The number of aliphatic hydroxyl groups excluding tert-OH is 1. The van der Waals surface area contributed by atoms with Crippen LogP contribution in [0.3, 0.4) is 0 Å². The number of nitrogens with one attached hydrogen (secondary N) is 3. The largest absolute Gasteiger partial charge is 0.419 e. The Morgan fingerprint density at radius 1 is 1.28 bits per heavy atom. The van der Waals surface area contributed by atoms with E-state index in [-0.39, 0.29) is 28.8 Å². The number of nitrogens with zero attached hydrogens (tertiary/aromatic N) is 3. The zero-order chi connectivity index (χ0) is 25.7. The van der Waals surface area contributed by atoms with Crippen LogP contribution in [-0.4, -0.2) is 75.1 Å². The fourth-order valence-electron chi connectivity index (χ4n) is 4.58. The molecule has 13 heteroatoms. The van der Waals surface area contributed by atoms with Crippen LogP contribution in [0.2, 0.25) is 0 Å². The highest BCUT2D eigenvalue weighted by Gasteiger charge is 2.48. The topological polar surface area (TPSA) is 106 Å². The van der Waals surface area contributed by atoms with Crippen LogP contribution in [0.25, 0.3) is 22.2 Å². The van der Waals surface area contributed by atoms with Crippen LogP contribution in [0.1, 0.15) is 28.8 Å². The second kappa shape index (κ2) is 8.96. The zero-order valence-electron chi connectivity index (χ0n) is 18.9. The number of hydrogen-bond acceptors (Lipinski definition) is 6. The number of amides is 1. The molecule has 2 aromatic heterocycles. The number of alkyl halides is 5. The second-order valence-electron chi connectivity index (χ2n) is 9.07. The van der Waals surface area contributed by atoms with Crippen molar-refractivity contribution in [3.8, 4) is 11.3 Å². The summed E-state index contributed by atoms with van der Waals surface area (Å²) in [7, 11) is 0. The molecule has 0 radical (unpaired) electrons. The summed E-state index contributed by atoms with van der Waals surface area (Å²) in [6.07, 6.45) is -2.80. The number of aliphatic hydroxyl groups is 1. The van der Waals surface area contributed by atoms with Crippen LogP contribution in [0.5, 0.6) is 0 Å². The molecule has 4 N–H and O–H groups in total. The van der Waals surface area contributed by atoms with Gasteiger partial charge in [-0.1, -0.05) is 6.07 Å². The summed E-state index contributed by atoms with van der Waals surface area (Å²) in [4.78, 5) is 24.5. The molecular formula is C23H23F5N6O2. The molecule has 3 aromatic rings. The number of carbonyl (C=O) groups is 1. The quantitative estimate of drug-likeness (QED) is 0.402. The van der Waals surface area contributed by atoms with E-state index in [1.54, 1.807) is 0 Å². The summed E-state index contributed by atoms with van der Waals surface area (Å²) in [6.45, 7) is 0.0900. The summed E-state index contributed by atoms with van der Waals surface area (Å²) in [6, 6.07) is 4.16. The minimum Gasteiger partial charge on any atom is -0.385 e. The summed E-state index contributed by atoms with van der Waals surface area (Å²) in [5.41, 5.74) is -0.779. The Balaban J connectivity index is 1.48. The molecule has 4 heterocycles. The number of anilines is 1. The number of benzene rings is 1. The number of hydrogen-bond donors (Lipinski definition) is 4. The lowest BCUT2D eigenvalue weighted by molar-refractivity contribution is -0.137. The molecule has 5 rings (SSSR count). The molecule has 0 spiro atoms. The lowest BCUT2D eigenvalue weighted by Crippen LogP contribution is -2.38. The molecule has 1 aromatic carbocycles. The predicted octanol–water partition coefficient (Wildman–Crippen LogP) is 3.26. The molecular weight excluding hydrogens is 487 g/mol. The monoisotopic (exact) mass is 510 g/mol. The van der Waals surface area contributed by atoms with E-state index in [1.807, 2.05) is 0 Å². The van der Waals surface area contributed by atoms with Crippen molar-refractivity contribution < 1.29 is 31.9 Å². The van der Waals surface area contributed by atoms with Gasteiger partial charge in [-0.25, -0.2) is 18.7 Å². The average molecular weight is 510 g/mol. The molecule has 36 heavy (non-hydrogen) atoms. The molecule has 0 saturated carbocycles. The molecule has 192 valence electrons. The van der Waals surface area contributed by atoms with Crippen LogP contribution in [0.15, 0.2) is 30.6 Å². The Bertz CT molecular complexity index is 1290. The van der Waals surface area contributed by atoms with Crippen molar-refractivity contribution >= 4 is 22.8 Å². The first-order valence-electron chi connectivity index (χ1n) is 11.4. The zero-order valence-corrected chi connectivity index (χ0v) is 18.9. The molecule has 1 amide bonds. The van der Waals surface area contributed by atoms with Gasteiger partial charge in [0, 0.05) is 47.0 Å². The number of piperidine rings is 1. The summed E-state index contributed by atoms with van der Waals surface area (Å²) < 4.78 is 68.8. The van der Waals surface area contributed by atoms with Crippen LogP contribution in [0.4, 0.5) is 27.9 Å². The lowest BCUT2D eigenvalue weighted by Gasteiger charge is -2.24. The molecule has 2 atom stereocenters. The standard InChI is InChI=1S/C23H23F5N6O2/c24-22(25)11-34(10-18(22)35)20(36)12-3-4-14-15(8-30-17(14)6-12)19-16(23(26,27)28)9-31-21(33-19)32-13-2-1-5-29-7-13/h3-4,6,8-9,13,18,29-30,35H,1-2,5,7,10-11H2,(H,31,32,33)/t13-,18+/m0/s1. The van der Waals surface area contributed by atoms with Crippen molar-refractivity contribution in [3.63, 3.8) is 0 Å². The highest BCUT2D eigenvalue weighted by Crippen LogP contribution is 2.39. The summed E-state index contributed by atoms with van der Waals surface area (Å²) in [5.74, 6) is -4.05. The number of rotatable bonds is 4. The highest BCUT2D eigenvalue weighted by atomic mass is 19.4. The molecule has 0 unspecified atom stereocenters. The van der Waals surface area contributed by atoms with E-state index < -0.39 is 42.8 Å². The van der Waals surface area contributed by atoms with Gasteiger partial charge < -0.3 is 25.6 Å². The molecule has 2 saturated heterocycles. The Morgan fingerprint density at radius 3 is 2.75 bits per heavy atom. The third kappa shape index (κ3) is 4.60. The third-order valence-electron chi connectivity index (χ3n) is 6.48. The Kier molecular flexibility index (Phi) is 6.07. The number of β-amino-alcohol motifs (C(OH)–C–C–N with tert-alkyl or cyclic N) is 1. The molecule has 2 aliphatic heterocycles. The van der Waals surface area contributed by atoms with E-state index in [1.165, 1.54) is 24.4 Å². The second-order valence-corrected chi connectivity index (χ2v) is 9.07. The molecule has 0 aliphatic carbocycles. The van der Waals surface area contributed by atoms with Crippen LogP contribution < -0.4 is 10.6 Å². The normalized spacial score (nSPS) is 22.2. The smallest absolute Gasteiger partial charge is 0.385 e. The van der Waals surface area contributed by atoms with Crippen molar-refractivity contribution in [2.75, 3.05) is 31.5 Å². The van der Waals surface area contributed by atoms with Crippen molar-refractivity contribution in [2.45, 2.75) is 37.1 Å². The van der Waals surface area contributed by atoms with E-state index >= 15 is 0 Å². The van der Waals surface area contributed by atoms with Crippen molar-refractivity contribution in [1.82, 2.24) is 25.2 Å². The van der Waals surface area contributed by atoms with Gasteiger partial charge in [0.05, 0.1) is 18.8 Å². The highest BCUT2D eigenvalue weighted by molar-refractivity contribution is 6.02. The summed E-state index contributed by atoms with van der Waals surface area (Å²) >= 11 is 0. The fraction of sp³-hybridized carbons (Fsp3) is 0.435. The van der Waals surface area contributed by atoms with Gasteiger partial charge >= 0.3 is 6.18 Å². The number of halogens is 5. The minimum atomic E-state index is -4.71. The minimum absolute atomic E-state index is 0.0173. The van der Waals surface area contributed by atoms with Gasteiger partial charge in [-0.2, -0.15) is 13.2 Å². The molecule has 2 fully saturated rings. The van der Waals surface area contributed by atoms with E-state index in [0.717, 1.165) is 30.5 Å². The van der Waals surface area contributed by atoms with E-state index in [9.17, 15) is 31.9 Å². The SMILES string of the molecule is O=C(c1ccc2c(-c3nc(N[C@H]4CCCNC4)ncc3C(F)(F)F)c[nH]c2c1)N1C[C@@H](O)C(F)(F)C1. The van der Waals surface area contributed by atoms with Crippen molar-refractivity contribution in [3.05, 3.63) is 41.7 Å². The van der Waals surface area contributed by atoms with Crippen LogP contribution >= 0.6 is 0 Å². The fourth-order valence-corrected chi connectivity index (χ4v) is 4.58. The van der Waals surface area contributed by atoms with Gasteiger partial charge in [0.15, 0.2) is 0 Å². The average Bonchev–Trinajstić information content (AvgIpc) is 3.37. The molecule has 0 bridgehead atoms. The number of aromatic amines is 1. The maximum Gasteiger partial charge on any atom is 0.419 e. The maximum absolute atomic E-state index is 13.8. The Hall–Kier alpha value is -3.32. The Labute approximate surface area is 201 Å². The van der Waals surface area contributed by atoms with E-state index in [0.29, 0.717) is 17.4 Å². The van der Waals surface area contributed by atoms with E-state index in [4.69, 9.17) is 0 Å². The number of aromatic nitrogens is 3. The first kappa shape index (κ1) is 24.4. The maximum atomic E-state index is 13.8. The van der Waals surface area contributed by atoms with Gasteiger partial charge in [-0.05, 0) is 31.5 Å². The third-order valence-corrected chi connectivity index (χ3v) is 6.48. The number of likely N-dealkylation sites (tertiary alicyclic amines) is 1. The first-order valence-corrected chi connectivity index (χ1v) is 11.4. The van der Waals surface area contributed by atoms with Gasteiger partial charge in [-0.15, -0.1) is 0 Å². The molecule has 2 aliphatic rings. The van der Waals surface area contributed by atoms with Gasteiger partial charge in [0.1, 0.15) is 11.7 Å². The van der Waals surface area contributed by atoms with Gasteiger partial charge in [0.2, 0.25) is 5.95 Å². The Morgan fingerprint density at radius 2 is 2.08 bits per heavy atom. The molecule has 8 nitrogen and oxygen atoms in total.